The normalized spacial score (nSPS) is 12.2. The van der Waals surface area contributed by atoms with Crippen molar-refractivity contribution >= 4 is 23.1 Å². The number of pyridine rings is 1. The van der Waals surface area contributed by atoms with Gasteiger partial charge in [0.15, 0.2) is 11.5 Å². The van der Waals surface area contributed by atoms with E-state index in [4.69, 9.17) is 25.8 Å². The van der Waals surface area contributed by atoms with E-state index in [-0.39, 0.29) is 24.0 Å². The van der Waals surface area contributed by atoms with Gasteiger partial charge in [0.2, 0.25) is 6.79 Å². The van der Waals surface area contributed by atoms with Crippen molar-refractivity contribution in [3.63, 3.8) is 0 Å². The second-order valence-electron chi connectivity index (χ2n) is 5.40. The lowest BCUT2D eigenvalue weighted by atomic mass is 10.2. The molecule has 124 valence electrons. The molecular weight excluding hydrogens is 344 g/mol. The van der Waals surface area contributed by atoms with Crippen LogP contribution in [-0.2, 0) is 11.3 Å². The summed E-state index contributed by atoms with van der Waals surface area (Å²) >= 11 is 6.08. The van der Waals surface area contributed by atoms with Crippen molar-refractivity contribution in [1.29, 1.82) is 5.26 Å². The molecule has 6 nitrogen and oxygen atoms in total. The van der Waals surface area contributed by atoms with Gasteiger partial charge in [0.25, 0.3) is 0 Å². The minimum atomic E-state index is -0.556. The number of hydrogen-bond donors (Lipinski definition) is 0. The van der Waals surface area contributed by atoms with E-state index in [2.05, 4.69) is 6.07 Å². The van der Waals surface area contributed by atoms with Crippen LogP contribution in [0.5, 0.6) is 11.5 Å². The van der Waals surface area contributed by atoms with Crippen molar-refractivity contribution in [2.75, 3.05) is 6.79 Å². The predicted octanol–water partition coefficient (Wildman–Crippen LogP) is 3.55. The average Bonchev–Trinajstić information content (AvgIpc) is 3.23. The highest BCUT2D eigenvalue weighted by Gasteiger charge is 2.21. The molecule has 2 aromatic heterocycles. The van der Waals surface area contributed by atoms with Gasteiger partial charge in [-0.3, -0.25) is 0 Å². The summed E-state index contributed by atoms with van der Waals surface area (Å²) in [6.45, 7) is 0.0475. The summed E-state index contributed by atoms with van der Waals surface area (Å²) in [6.07, 6.45) is 3.60. The summed E-state index contributed by atoms with van der Waals surface area (Å²) in [6, 6.07) is 10.7. The van der Waals surface area contributed by atoms with Crippen LogP contribution in [-0.4, -0.2) is 17.2 Å². The van der Waals surface area contributed by atoms with Gasteiger partial charge >= 0.3 is 5.97 Å². The summed E-state index contributed by atoms with van der Waals surface area (Å²) < 4.78 is 17.6. The van der Waals surface area contributed by atoms with Crippen LogP contribution in [0, 0.1) is 11.3 Å². The molecule has 0 N–H and O–H groups in total. The number of fused-ring (bicyclic) bond motifs is 2. The highest BCUT2D eigenvalue weighted by atomic mass is 35.5. The molecule has 0 saturated carbocycles. The lowest BCUT2D eigenvalue weighted by molar-refractivity contribution is 0.0472. The van der Waals surface area contributed by atoms with Gasteiger partial charge in [-0.2, -0.15) is 5.26 Å². The van der Waals surface area contributed by atoms with Crippen LogP contribution in [0.2, 0.25) is 5.02 Å². The SMILES string of the molecule is N#Cc1c(COC(=O)c2cc(Cl)c3c(c2)OCO3)cn2ccccc12. The third-order valence-corrected chi connectivity index (χ3v) is 4.18. The standard InChI is InChI=1S/C18H11ClN2O4/c19-14-5-11(6-16-17(14)25-10-24-16)18(22)23-9-12-8-21-4-2-1-3-15(21)13(12)7-20/h1-6,8H,9-10H2. The first-order valence-corrected chi connectivity index (χ1v) is 7.80. The molecule has 0 saturated heterocycles. The number of aromatic nitrogens is 1. The first kappa shape index (κ1) is 15.4. The van der Waals surface area contributed by atoms with Gasteiger partial charge in [-0.25, -0.2) is 4.79 Å². The lowest BCUT2D eigenvalue weighted by Gasteiger charge is -2.06. The minimum Gasteiger partial charge on any atom is -0.457 e. The van der Waals surface area contributed by atoms with Crippen LogP contribution < -0.4 is 9.47 Å². The first-order valence-electron chi connectivity index (χ1n) is 7.42. The topological polar surface area (TPSA) is 73.0 Å². The van der Waals surface area contributed by atoms with Gasteiger partial charge in [-0.15, -0.1) is 0 Å². The van der Waals surface area contributed by atoms with Crippen molar-refractivity contribution in [3.8, 4) is 17.6 Å². The minimum absolute atomic E-state index is 0.0184. The summed E-state index contributed by atoms with van der Waals surface area (Å²) in [5.41, 5.74) is 2.14. The molecule has 0 radical (unpaired) electrons. The average molecular weight is 355 g/mol. The molecule has 0 amide bonds. The van der Waals surface area contributed by atoms with Crippen molar-refractivity contribution in [2.45, 2.75) is 6.61 Å². The van der Waals surface area contributed by atoms with E-state index in [1.54, 1.807) is 6.20 Å². The maximum Gasteiger partial charge on any atom is 0.338 e. The number of hydrogen-bond acceptors (Lipinski definition) is 5. The quantitative estimate of drug-likeness (QED) is 0.672. The number of benzene rings is 1. The number of nitriles is 1. The number of carbonyl (C=O) groups excluding carboxylic acids is 1. The monoisotopic (exact) mass is 354 g/mol. The smallest absolute Gasteiger partial charge is 0.338 e. The first-order chi connectivity index (χ1) is 12.2. The van der Waals surface area contributed by atoms with Crippen LogP contribution in [0.3, 0.4) is 0 Å². The molecule has 3 aromatic rings. The van der Waals surface area contributed by atoms with Gasteiger partial charge in [0.05, 0.1) is 21.7 Å². The van der Waals surface area contributed by atoms with E-state index in [0.29, 0.717) is 22.6 Å². The Morgan fingerprint density at radius 1 is 1.36 bits per heavy atom. The fourth-order valence-corrected chi connectivity index (χ4v) is 2.99. The summed E-state index contributed by atoms with van der Waals surface area (Å²) in [7, 11) is 0. The number of nitrogens with zero attached hydrogens (tertiary/aromatic N) is 2. The van der Waals surface area contributed by atoms with E-state index in [0.717, 1.165) is 5.52 Å². The Balaban J connectivity index is 1.57. The fraction of sp³-hybridized carbons (Fsp3) is 0.111. The molecule has 0 bridgehead atoms. The van der Waals surface area contributed by atoms with Crippen LogP contribution in [0.25, 0.3) is 5.52 Å². The molecule has 0 fully saturated rings. The zero-order chi connectivity index (χ0) is 17.4. The molecule has 25 heavy (non-hydrogen) atoms. The van der Waals surface area contributed by atoms with Crippen LogP contribution in [0.4, 0.5) is 0 Å². The van der Waals surface area contributed by atoms with Crippen molar-refractivity contribution in [1.82, 2.24) is 4.40 Å². The highest BCUT2D eigenvalue weighted by Crippen LogP contribution is 2.40. The van der Waals surface area contributed by atoms with Crippen LogP contribution in [0.15, 0.2) is 42.7 Å². The lowest BCUT2D eigenvalue weighted by Crippen LogP contribution is -2.05. The highest BCUT2D eigenvalue weighted by molar-refractivity contribution is 6.32. The summed E-state index contributed by atoms with van der Waals surface area (Å²) in [5.74, 6) is 0.273. The molecule has 0 atom stereocenters. The zero-order valence-electron chi connectivity index (χ0n) is 12.9. The molecular formula is C18H11ClN2O4. The molecule has 1 aromatic carbocycles. The second-order valence-corrected chi connectivity index (χ2v) is 5.81. The summed E-state index contributed by atoms with van der Waals surface area (Å²) in [4.78, 5) is 12.3. The molecule has 0 spiro atoms. The number of ether oxygens (including phenoxy) is 3. The van der Waals surface area contributed by atoms with E-state index >= 15 is 0 Å². The van der Waals surface area contributed by atoms with Gasteiger partial charge in [0.1, 0.15) is 12.7 Å². The Labute approximate surface area is 147 Å². The van der Waals surface area contributed by atoms with E-state index in [9.17, 15) is 10.1 Å². The Kier molecular flexibility index (Phi) is 3.71. The molecule has 0 aliphatic carbocycles. The maximum absolute atomic E-state index is 12.3. The Bertz CT molecular complexity index is 1040. The number of halogens is 1. The molecule has 0 unspecified atom stereocenters. The second kappa shape index (κ2) is 6.04. The molecule has 1 aliphatic rings. The fourth-order valence-electron chi connectivity index (χ4n) is 2.73. The zero-order valence-corrected chi connectivity index (χ0v) is 13.6. The third-order valence-electron chi connectivity index (χ3n) is 3.90. The predicted molar refractivity (Wildman–Crippen MR) is 88.8 cm³/mol. The van der Waals surface area contributed by atoms with E-state index < -0.39 is 5.97 Å². The molecule has 1 aliphatic heterocycles. The van der Waals surface area contributed by atoms with Crippen LogP contribution >= 0.6 is 11.6 Å². The van der Waals surface area contributed by atoms with Crippen molar-refractivity contribution < 1.29 is 19.0 Å². The number of esters is 1. The number of rotatable bonds is 3. The van der Waals surface area contributed by atoms with Gasteiger partial charge < -0.3 is 18.6 Å². The largest absolute Gasteiger partial charge is 0.457 e. The molecule has 7 heteroatoms. The van der Waals surface area contributed by atoms with Gasteiger partial charge in [0, 0.05) is 18.0 Å². The third kappa shape index (κ3) is 2.65. The Morgan fingerprint density at radius 2 is 2.24 bits per heavy atom. The van der Waals surface area contributed by atoms with Crippen molar-refractivity contribution in [3.05, 3.63) is 64.4 Å². The maximum atomic E-state index is 12.3. The molecule has 4 rings (SSSR count). The Morgan fingerprint density at radius 3 is 3.08 bits per heavy atom. The summed E-state index contributed by atoms with van der Waals surface area (Å²) in [5, 5.41) is 9.66. The van der Waals surface area contributed by atoms with Crippen LogP contribution in [0.1, 0.15) is 21.5 Å². The molecule has 3 heterocycles. The van der Waals surface area contributed by atoms with E-state index in [1.165, 1.54) is 12.1 Å². The van der Waals surface area contributed by atoms with Crippen molar-refractivity contribution in [2.24, 2.45) is 0 Å². The Hall–Kier alpha value is -3.17. The number of carbonyl (C=O) groups is 1. The van der Waals surface area contributed by atoms with Gasteiger partial charge in [-0.1, -0.05) is 17.7 Å². The van der Waals surface area contributed by atoms with E-state index in [1.807, 2.05) is 28.8 Å². The van der Waals surface area contributed by atoms with Gasteiger partial charge in [-0.05, 0) is 24.3 Å².